The van der Waals surface area contributed by atoms with Gasteiger partial charge in [0.25, 0.3) is 0 Å². The zero-order chi connectivity index (χ0) is 15.0. The van der Waals surface area contributed by atoms with Gasteiger partial charge in [-0.25, -0.2) is 13.8 Å². The van der Waals surface area contributed by atoms with Gasteiger partial charge in [-0.15, -0.1) is 0 Å². The van der Waals surface area contributed by atoms with E-state index in [1.807, 2.05) is 13.8 Å². The van der Waals surface area contributed by atoms with Gasteiger partial charge in [0.2, 0.25) is 5.91 Å². The van der Waals surface area contributed by atoms with Crippen LogP contribution in [0.25, 0.3) is 11.0 Å². The summed E-state index contributed by atoms with van der Waals surface area (Å²) in [6, 6.07) is 1.62. The first-order valence-electron chi connectivity index (χ1n) is 6.35. The fourth-order valence-corrected chi connectivity index (χ4v) is 2.23. The van der Waals surface area contributed by atoms with E-state index in [4.69, 9.17) is 0 Å². The van der Waals surface area contributed by atoms with Gasteiger partial charge < -0.3 is 9.47 Å². The maximum absolute atomic E-state index is 13.4. The van der Waals surface area contributed by atoms with Crippen molar-refractivity contribution in [2.45, 2.75) is 19.9 Å². The number of rotatable bonds is 3. The van der Waals surface area contributed by atoms with Gasteiger partial charge in [-0.05, 0) is 5.92 Å². The Morgan fingerprint density at radius 1 is 1.25 bits per heavy atom. The van der Waals surface area contributed by atoms with Crippen molar-refractivity contribution in [3.8, 4) is 0 Å². The summed E-state index contributed by atoms with van der Waals surface area (Å²) in [7, 11) is 3.33. The van der Waals surface area contributed by atoms with Gasteiger partial charge >= 0.3 is 0 Å². The lowest BCUT2D eigenvalue weighted by molar-refractivity contribution is -0.133. The van der Waals surface area contributed by atoms with Crippen molar-refractivity contribution < 1.29 is 13.6 Å². The molecule has 1 atom stereocenters. The molecule has 0 aliphatic heterocycles. The van der Waals surface area contributed by atoms with Gasteiger partial charge in [-0.2, -0.15) is 0 Å². The maximum Gasteiger partial charge on any atom is 0.245 e. The van der Waals surface area contributed by atoms with Crippen molar-refractivity contribution in [2.75, 3.05) is 14.1 Å². The lowest BCUT2D eigenvalue weighted by atomic mass is 10.0. The number of amides is 1. The second-order valence-corrected chi connectivity index (χ2v) is 5.33. The number of nitrogens with zero attached hydrogens (tertiary/aromatic N) is 3. The van der Waals surface area contributed by atoms with E-state index in [0.29, 0.717) is 11.0 Å². The number of aromatic nitrogens is 2. The fraction of sp³-hybridized carbons (Fsp3) is 0.429. The van der Waals surface area contributed by atoms with Crippen LogP contribution in [0.5, 0.6) is 0 Å². The van der Waals surface area contributed by atoms with Crippen LogP contribution in [-0.2, 0) is 4.79 Å². The Balaban J connectivity index is 2.60. The molecule has 0 saturated carbocycles. The number of likely N-dealkylation sites (N-methyl/N-ethyl adjacent to an activating group) is 1. The molecule has 0 spiro atoms. The Bertz CT molecular complexity index is 649. The van der Waals surface area contributed by atoms with E-state index < -0.39 is 17.7 Å². The molecular formula is C14H17F2N3O. The van der Waals surface area contributed by atoms with Gasteiger partial charge in [-0.3, -0.25) is 4.79 Å². The van der Waals surface area contributed by atoms with Crippen LogP contribution in [0.4, 0.5) is 8.78 Å². The molecule has 1 heterocycles. The van der Waals surface area contributed by atoms with Gasteiger partial charge in [-0.1, -0.05) is 13.8 Å². The Kier molecular flexibility index (Phi) is 3.74. The van der Waals surface area contributed by atoms with Crippen LogP contribution in [0.15, 0.2) is 18.5 Å². The molecule has 0 radical (unpaired) electrons. The first-order valence-corrected chi connectivity index (χ1v) is 6.35. The molecule has 0 aliphatic carbocycles. The Morgan fingerprint density at radius 3 is 2.40 bits per heavy atom. The smallest absolute Gasteiger partial charge is 0.245 e. The lowest BCUT2D eigenvalue weighted by Crippen LogP contribution is -2.34. The third-order valence-electron chi connectivity index (χ3n) is 3.24. The quantitative estimate of drug-likeness (QED) is 0.867. The predicted octanol–water partition coefficient (Wildman–Crippen LogP) is 2.60. The first-order chi connectivity index (χ1) is 9.32. The third-order valence-corrected chi connectivity index (χ3v) is 3.24. The highest BCUT2D eigenvalue weighted by atomic mass is 19.2. The highest BCUT2D eigenvalue weighted by Crippen LogP contribution is 2.26. The molecule has 0 bridgehead atoms. The lowest BCUT2D eigenvalue weighted by Gasteiger charge is -2.25. The number of hydrogen-bond donors (Lipinski definition) is 0. The zero-order valence-electron chi connectivity index (χ0n) is 11.9. The monoisotopic (exact) mass is 281 g/mol. The predicted molar refractivity (Wildman–Crippen MR) is 72.2 cm³/mol. The molecule has 20 heavy (non-hydrogen) atoms. The first kappa shape index (κ1) is 14.4. The van der Waals surface area contributed by atoms with Crippen LogP contribution in [0.3, 0.4) is 0 Å². The van der Waals surface area contributed by atoms with Crippen LogP contribution in [0.2, 0.25) is 0 Å². The van der Waals surface area contributed by atoms with E-state index in [-0.39, 0.29) is 11.8 Å². The molecule has 0 N–H and O–H groups in total. The van der Waals surface area contributed by atoms with Crippen LogP contribution >= 0.6 is 0 Å². The molecule has 1 aromatic carbocycles. The average Bonchev–Trinajstić information content (AvgIpc) is 2.73. The molecular weight excluding hydrogens is 264 g/mol. The van der Waals surface area contributed by atoms with E-state index in [1.54, 1.807) is 18.7 Å². The summed E-state index contributed by atoms with van der Waals surface area (Å²) in [4.78, 5) is 17.8. The van der Waals surface area contributed by atoms with Gasteiger partial charge in [0.1, 0.15) is 6.04 Å². The molecule has 1 amide bonds. The molecule has 2 aromatic rings. The highest BCUT2D eigenvalue weighted by Gasteiger charge is 2.27. The minimum absolute atomic E-state index is 0.00425. The molecule has 0 saturated heterocycles. The van der Waals surface area contributed by atoms with E-state index in [2.05, 4.69) is 4.98 Å². The molecule has 108 valence electrons. The minimum atomic E-state index is -0.945. The number of carbonyl (C=O) groups excluding carboxylic acids is 1. The van der Waals surface area contributed by atoms with Crippen molar-refractivity contribution in [1.82, 2.24) is 14.5 Å². The summed E-state index contributed by atoms with van der Waals surface area (Å²) in [5.74, 6) is -2.00. The molecule has 0 fully saturated rings. The summed E-state index contributed by atoms with van der Waals surface area (Å²) in [5.41, 5.74) is 0.749. The Labute approximate surface area is 116 Å². The van der Waals surface area contributed by atoms with E-state index in [0.717, 1.165) is 12.1 Å². The number of benzene rings is 1. The highest BCUT2D eigenvalue weighted by molar-refractivity contribution is 5.84. The Morgan fingerprint density at radius 2 is 1.85 bits per heavy atom. The van der Waals surface area contributed by atoms with Crippen LogP contribution in [0, 0.1) is 17.6 Å². The molecule has 1 unspecified atom stereocenters. The van der Waals surface area contributed by atoms with E-state index in [1.165, 1.54) is 11.2 Å². The fourth-order valence-electron chi connectivity index (χ4n) is 2.23. The summed E-state index contributed by atoms with van der Waals surface area (Å²) in [6.07, 6.45) is 1.45. The average molecular weight is 281 g/mol. The van der Waals surface area contributed by atoms with Crippen LogP contribution in [-0.4, -0.2) is 34.5 Å². The topological polar surface area (TPSA) is 38.1 Å². The third kappa shape index (κ3) is 2.37. The largest absolute Gasteiger partial charge is 0.347 e. The van der Waals surface area contributed by atoms with Crippen molar-refractivity contribution in [1.29, 1.82) is 0 Å². The summed E-state index contributed by atoms with van der Waals surface area (Å²) in [5, 5.41) is 0. The normalized spacial score (nSPS) is 12.9. The second-order valence-electron chi connectivity index (χ2n) is 5.33. The number of hydrogen-bond acceptors (Lipinski definition) is 2. The van der Waals surface area contributed by atoms with Gasteiger partial charge in [0.15, 0.2) is 11.6 Å². The minimum Gasteiger partial charge on any atom is -0.347 e. The SMILES string of the molecule is CC(C)C(C(=O)N(C)C)n1cnc2cc(F)c(F)cc21. The van der Waals surface area contributed by atoms with Gasteiger partial charge in [0.05, 0.1) is 17.4 Å². The molecule has 2 rings (SSSR count). The number of halogens is 2. The maximum atomic E-state index is 13.4. The van der Waals surface area contributed by atoms with Gasteiger partial charge in [0, 0.05) is 26.2 Å². The summed E-state index contributed by atoms with van der Waals surface area (Å²) < 4.78 is 28.2. The van der Waals surface area contributed by atoms with Crippen molar-refractivity contribution in [2.24, 2.45) is 5.92 Å². The van der Waals surface area contributed by atoms with E-state index >= 15 is 0 Å². The molecule has 0 aliphatic rings. The Hall–Kier alpha value is -1.98. The molecule has 6 heteroatoms. The van der Waals surface area contributed by atoms with Crippen LogP contribution in [0.1, 0.15) is 19.9 Å². The number of imidazole rings is 1. The number of fused-ring (bicyclic) bond motifs is 1. The zero-order valence-corrected chi connectivity index (χ0v) is 11.9. The standard InChI is InChI=1S/C14H17F2N3O/c1-8(2)13(14(20)18(3)4)19-7-17-11-5-9(15)10(16)6-12(11)19/h5-8,13H,1-4H3. The second kappa shape index (κ2) is 5.19. The van der Waals surface area contributed by atoms with Crippen molar-refractivity contribution in [3.63, 3.8) is 0 Å². The summed E-state index contributed by atoms with van der Waals surface area (Å²) in [6.45, 7) is 3.80. The van der Waals surface area contributed by atoms with Crippen molar-refractivity contribution in [3.05, 3.63) is 30.1 Å². The molecule has 1 aromatic heterocycles. The molecule has 4 nitrogen and oxygen atoms in total. The van der Waals surface area contributed by atoms with E-state index in [9.17, 15) is 13.6 Å². The van der Waals surface area contributed by atoms with Crippen molar-refractivity contribution >= 4 is 16.9 Å². The number of carbonyl (C=O) groups is 1. The van der Waals surface area contributed by atoms with Crippen LogP contribution < -0.4 is 0 Å². The summed E-state index contributed by atoms with van der Waals surface area (Å²) >= 11 is 0.